The zero-order valence-corrected chi connectivity index (χ0v) is 6.73. The Hall–Kier alpha value is -1.20. The minimum atomic E-state index is -1.14. The molecular weight excluding hydrogens is 158 g/mol. The van der Waals surface area contributed by atoms with E-state index in [9.17, 15) is 10.1 Å². The second-order valence-electron chi connectivity index (χ2n) is 2.87. The van der Waals surface area contributed by atoms with Crippen molar-refractivity contribution in [2.75, 3.05) is 0 Å². The Labute approximate surface area is 70.1 Å². The molecule has 0 spiro atoms. The van der Waals surface area contributed by atoms with E-state index in [4.69, 9.17) is 5.84 Å². The molecular formula is C7H11N3O2. The summed E-state index contributed by atoms with van der Waals surface area (Å²) in [6.07, 6.45) is 6.58. The first-order valence-electron chi connectivity index (χ1n) is 3.58. The van der Waals surface area contributed by atoms with Crippen molar-refractivity contribution < 1.29 is 4.92 Å². The minimum Gasteiger partial charge on any atom is -0.271 e. The Morgan fingerprint density at radius 1 is 1.67 bits per heavy atom. The number of hydrazine groups is 1. The number of nitro groups is 1. The van der Waals surface area contributed by atoms with Crippen molar-refractivity contribution in [2.45, 2.75) is 18.5 Å². The van der Waals surface area contributed by atoms with Crippen LogP contribution in [0.5, 0.6) is 0 Å². The molecule has 12 heavy (non-hydrogen) atoms. The quantitative estimate of drug-likeness (QED) is 0.346. The van der Waals surface area contributed by atoms with Gasteiger partial charge in [-0.3, -0.25) is 16.0 Å². The Morgan fingerprint density at radius 3 is 2.75 bits per heavy atom. The Bertz CT molecular complexity index is 249. The summed E-state index contributed by atoms with van der Waals surface area (Å²) in [6.45, 7) is 1.53. The molecule has 0 heterocycles. The Balaban J connectivity index is 2.94. The third kappa shape index (κ3) is 1.24. The van der Waals surface area contributed by atoms with Gasteiger partial charge in [0.15, 0.2) is 0 Å². The van der Waals surface area contributed by atoms with Gasteiger partial charge in [-0.15, -0.1) is 0 Å². The molecule has 2 atom stereocenters. The summed E-state index contributed by atoms with van der Waals surface area (Å²) in [4.78, 5) is 10.3. The molecule has 1 aliphatic carbocycles. The predicted octanol–water partition coefficient (Wildman–Crippen LogP) is -0.0203. The summed E-state index contributed by atoms with van der Waals surface area (Å²) in [5.74, 6) is 5.18. The molecule has 0 amide bonds. The maximum atomic E-state index is 10.7. The Kier molecular flexibility index (Phi) is 2.25. The molecule has 5 heteroatoms. The molecule has 0 bridgehead atoms. The van der Waals surface area contributed by atoms with Gasteiger partial charge in [-0.25, -0.2) is 5.43 Å². The number of nitrogens with zero attached hydrogens (tertiary/aromatic N) is 1. The third-order valence-electron chi connectivity index (χ3n) is 2.05. The van der Waals surface area contributed by atoms with Gasteiger partial charge in [0.2, 0.25) is 0 Å². The van der Waals surface area contributed by atoms with Gasteiger partial charge in [0.1, 0.15) is 6.04 Å². The summed E-state index contributed by atoms with van der Waals surface area (Å²) < 4.78 is 0. The van der Waals surface area contributed by atoms with E-state index in [-0.39, 0.29) is 4.92 Å². The van der Waals surface area contributed by atoms with Gasteiger partial charge in [0, 0.05) is 11.8 Å². The molecule has 66 valence electrons. The highest BCUT2D eigenvalue weighted by Gasteiger charge is 2.42. The number of hydrogen-bond donors (Lipinski definition) is 2. The summed E-state index contributed by atoms with van der Waals surface area (Å²) in [7, 11) is 0. The number of rotatable bonds is 2. The van der Waals surface area contributed by atoms with Crippen molar-refractivity contribution in [1.82, 2.24) is 5.43 Å². The fourth-order valence-electron chi connectivity index (χ4n) is 1.12. The number of allylic oxidation sites excluding steroid dienone is 2. The standard InChI is InChI=1S/C7H11N3O2/c1-7(10(11)12)5-3-2-4-6(7)9-8/h2-6,9H,8H2,1H3. The van der Waals surface area contributed by atoms with Crippen molar-refractivity contribution in [3.63, 3.8) is 0 Å². The summed E-state index contributed by atoms with van der Waals surface area (Å²) in [6, 6.07) is -0.447. The normalized spacial score (nSPS) is 33.7. The molecule has 1 rings (SSSR count). The molecule has 0 aromatic heterocycles. The van der Waals surface area contributed by atoms with Crippen LogP contribution >= 0.6 is 0 Å². The van der Waals surface area contributed by atoms with E-state index < -0.39 is 11.6 Å². The molecule has 2 unspecified atom stereocenters. The lowest BCUT2D eigenvalue weighted by atomic mass is 9.89. The number of nitrogens with one attached hydrogen (secondary N) is 1. The van der Waals surface area contributed by atoms with Crippen LogP contribution in [0, 0.1) is 10.1 Å². The zero-order chi connectivity index (χ0) is 9.19. The van der Waals surface area contributed by atoms with Crippen LogP contribution in [0.4, 0.5) is 0 Å². The minimum absolute atomic E-state index is 0.350. The number of nitrogens with two attached hydrogens (primary N) is 1. The molecule has 3 N–H and O–H groups in total. The van der Waals surface area contributed by atoms with Crippen LogP contribution in [0.25, 0.3) is 0 Å². The van der Waals surface area contributed by atoms with Crippen LogP contribution in [-0.4, -0.2) is 16.5 Å². The molecule has 0 saturated heterocycles. The maximum Gasteiger partial charge on any atom is 0.257 e. The van der Waals surface area contributed by atoms with Crippen LogP contribution in [0.2, 0.25) is 0 Å². The summed E-state index contributed by atoms with van der Waals surface area (Å²) in [5, 5.41) is 10.7. The topological polar surface area (TPSA) is 81.2 Å². The van der Waals surface area contributed by atoms with E-state index in [2.05, 4.69) is 5.43 Å². The number of hydrogen-bond acceptors (Lipinski definition) is 4. The average Bonchev–Trinajstić information content (AvgIpc) is 2.05. The van der Waals surface area contributed by atoms with Crippen molar-refractivity contribution in [1.29, 1.82) is 0 Å². The van der Waals surface area contributed by atoms with Crippen molar-refractivity contribution in [3.05, 3.63) is 34.4 Å². The maximum absolute atomic E-state index is 10.7. The van der Waals surface area contributed by atoms with E-state index >= 15 is 0 Å². The van der Waals surface area contributed by atoms with Gasteiger partial charge in [-0.05, 0) is 6.08 Å². The van der Waals surface area contributed by atoms with Crippen LogP contribution in [0.1, 0.15) is 6.92 Å². The second kappa shape index (κ2) is 3.04. The van der Waals surface area contributed by atoms with Gasteiger partial charge >= 0.3 is 0 Å². The zero-order valence-electron chi connectivity index (χ0n) is 6.73. The largest absolute Gasteiger partial charge is 0.271 e. The van der Waals surface area contributed by atoms with Crippen LogP contribution in [-0.2, 0) is 0 Å². The van der Waals surface area contributed by atoms with Gasteiger partial charge in [-0.1, -0.05) is 18.2 Å². The van der Waals surface area contributed by atoms with Crippen molar-refractivity contribution in [2.24, 2.45) is 5.84 Å². The van der Waals surface area contributed by atoms with Gasteiger partial charge in [0.05, 0.1) is 0 Å². The molecule has 0 radical (unpaired) electrons. The smallest absolute Gasteiger partial charge is 0.257 e. The molecule has 0 aromatic carbocycles. The van der Waals surface area contributed by atoms with Crippen LogP contribution < -0.4 is 11.3 Å². The highest BCUT2D eigenvalue weighted by atomic mass is 16.6. The lowest BCUT2D eigenvalue weighted by Crippen LogP contribution is -2.54. The van der Waals surface area contributed by atoms with Crippen LogP contribution in [0.15, 0.2) is 24.3 Å². The molecule has 1 aliphatic rings. The molecule has 5 nitrogen and oxygen atoms in total. The van der Waals surface area contributed by atoms with Gasteiger partial charge < -0.3 is 0 Å². The van der Waals surface area contributed by atoms with E-state index in [1.807, 2.05) is 0 Å². The fourth-order valence-corrected chi connectivity index (χ4v) is 1.12. The van der Waals surface area contributed by atoms with E-state index in [0.717, 1.165) is 0 Å². The first-order chi connectivity index (χ1) is 5.61. The highest BCUT2D eigenvalue weighted by Crippen LogP contribution is 2.20. The SMILES string of the molecule is CC1([N+](=O)[O-])C=CC=CC1NN. The third-order valence-corrected chi connectivity index (χ3v) is 2.05. The lowest BCUT2D eigenvalue weighted by molar-refractivity contribution is -0.553. The first-order valence-corrected chi connectivity index (χ1v) is 3.58. The van der Waals surface area contributed by atoms with Crippen molar-refractivity contribution >= 4 is 0 Å². The lowest BCUT2D eigenvalue weighted by Gasteiger charge is -2.25. The van der Waals surface area contributed by atoms with Gasteiger partial charge in [-0.2, -0.15) is 0 Å². The Morgan fingerprint density at radius 2 is 2.33 bits per heavy atom. The summed E-state index contributed by atoms with van der Waals surface area (Å²) in [5.41, 5.74) is 1.26. The van der Waals surface area contributed by atoms with Crippen molar-refractivity contribution in [3.8, 4) is 0 Å². The summed E-state index contributed by atoms with van der Waals surface area (Å²) >= 11 is 0. The fraction of sp³-hybridized carbons (Fsp3) is 0.429. The van der Waals surface area contributed by atoms with E-state index in [0.29, 0.717) is 0 Å². The highest BCUT2D eigenvalue weighted by molar-refractivity contribution is 5.23. The molecule has 0 aromatic rings. The van der Waals surface area contributed by atoms with Crippen LogP contribution in [0.3, 0.4) is 0 Å². The van der Waals surface area contributed by atoms with Gasteiger partial charge in [0.25, 0.3) is 5.54 Å². The molecule has 0 fully saturated rings. The first kappa shape index (κ1) is 8.89. The second-order valence-corrected chi connectivity index (χ2v) is 2.87. The molecule has 0 saturated carbocycles. The average molecular weight is 169 g/mol. The molecule has 0 aliphatic heterocycles. The predicted molar refractivity (Wildman–Crippen MR) is 44.8 cm³/mol. The van der Waals surface area contributed by atoms with E-state index in [1.165, 1.54) is 13.0 Å². The monoisotopic (exact) mass is 169 g/mol. The van der Waals surface area contributed by atoms with E-state index in [1.54, 1.807) is 18.2 Å².